The highest BCUT2D eigenvalue weighted by Gasteiger charge is 2.05. The Morgan fingerprint density at radius 1 is 1.33 bits per heavy atom. The van der Waals surface area contributed by atoms with Crippen LogP contribution in [-0.2, 0) is 16.0 Å². The average molecular weight is 209 g/mol. The van der Waals surface area contributed by atoms with Crippen molar-refractivity contribution in [1.82, 2.24) is 0 Å². The molecule has 1 rings (SSSR count). The van der Waals surface area contributed by atoms with Gasteiger partial charge in [-0.3, -0.25) is 4.79 Å². The van der Waals surface area contributed by atoms with E-state index in [1.807, 2.05) is 24.3 Å². The van der Waals surface area contributed by atoms with Crippen molar-refractivity contribution in [3.05, 3.63) is 29.8 Å². The van der Waals surface area contributed by atoms with Gasteiger partial charge in [-0.05, 0) is 6.07 Å². The number of rotatable bonds is 6. The van der Waals surface area contributed by atoms with Crippen LogP contribution >= 0.6 is 0 Å². The first-order valence-corrected chi connectivity index (χ1v) is 4.72. The van der Waals surface area contributed by atoms with Crippen LogP contribution < -0.4 is 10.5 Å². The first-order valence-electron chi connectivity index (χ1n) is 4.72. The lowest BCUT2D eigenvalue weighted by molar-refractivity contribution is -0.117. The van der Waals surface area contributed by atoms with E-state index >= 15 is 0 Å². The van der Waals surface area contributed by atoms with Gasteiger partial charge in [0, 0.05) is 12.7 Å². The topological polar surface area (TPSA) is 61.6 Å². The van der Waals surface area contributed by atoms with Crippen molar-refractivity contribution < 1.29 is 14.3 Å². The lowest BCUT2D eigenvalue weighted by atomic mass is 10.1. The van der Waals surface area contributed by atoms with Gasteiger partial charge < -0.3 is 15.2 Å². The molecule has 0 saturated heterocycles. The molecular weight excluding hydrogens is 194 g/mol. The van der Waals surface area contributed by atoms with Crippen LogP contribution in [0, 0.1) is 0 Å². The number of carbonyl (C=O) groups excluding carboxylic acids is 1. The number of amides is 1. The van der Waals surface area contributed by atoms with Crippen molar-refractivity contribution in [2.45, 2.75) is 6.42 Å². The van der Waals surface area contributed by atoms with Crippen LogP contribution in [0.1, 0.15) is 5.56 Å². The summed E-state index contributed by atoms with van der Waals surface area (Å²) >= 11 is 0. The largest absolute Gasteiger partial charge is 0.491 e. The van der Waals surface area contributed by atoms with Gasteiger partial charge in [0.25, 0.3) is 0 Å². The van der Waals surface area contributed by atoms with Crippen LogP contribution in [0.3, 0.4) is 0 Å². The predicted octanol–water partition coefficient (Wildman–Crippen LogP) is 0.740. The maximum Gasteiger partial charge on any atom is 0.221 e. The van der Waals surface area contributed by atoms with Gasteiger partial charge in [0.15, 0.2) is 0 Å². The first-order chi connectivity index (χ1) is 7.24. The number of benzene rings is 1. The van der Waals surface area contributed by atoms with Crippen LogP contribution in [0.25, 0.3) is 0 Å². The predicted molar refractivity (Wildman–Crippen MR) is 56.7 cm³/mol. The van der Waals surface area contributed by atoms with Gasteiger partial charge in [-0.25, -0.2) is 0 Å². The summed E-state index contributed by atoms with van der Waals surface area (Å²) in [4.78, 5) is 10.8. The molecule has 0 bridgehead atoms. The van der Waals surface area contributed by atoms with E-state index in [1.54, 1.807) is 7.11 Å². The third kappa shape index (κ3) is 3.99. The second kappa shape index (κ2) is 6.03. The smallest absolute Gasteiger partial charge is 0.221 e. The standard InChI is InChI=1S/C11H15NO3/c1-14-6-7-15-10-5-3-2-4-9(10)8-11(12)13/h2-5H,6-8H2,1H3,(H2,12,13). The van der Waals surface area contributed by atoms with E-state index in [0.29, 0.717) is 19.0 Å². The highest BCUT2D eigenvalue weighted by atomic mass is 16.5. The van der Waals surface area contributed by atoms with Gasteiger partial charge in [-0.1, -0.05) is 18.2 Å². The van der Waals surface area contributed by atoms with E-state index in [4.69, 9.17) is 15.2 Å². The molecule has 0 radical (unpaired) electrons. The minimum Gasteiger partial charge on any atom is -0.491 e. The SMILES string of the molecule is COCCOc1ccccc1CC(N)=O. The van der Waals surface area contributed by atoms with Crippen LogP contribution in [-0.4, -0.2) is 26.2 Å². The molecule has 1 amide bonds. The Balaban J connectivity index is 2.64. The van der Waals surface area contributed by atoms with Crippen LogP contribution in [0.4, 0.5) is 0 Å². The number of methoxy groups -OCH3 is 1. The van der Waals surface area contributed by atoms with E-state index in [2.05, 4.69) is 0 Å². The minimum absolute atomic E-state index is 0.198. The zero-order chi connectivity index (χ0) is 11.1. The zero-order valence-electron chi connectivity index (χ0n) is 8.73. The monoisotopic (exact) mass is 209 g/mol. The normalized spacial score (nSPS) is 9.93. The number of para-hydroxylation sites is 1. The van der Waals surface area contributed by atoms with Crippen LogP contribution in [0.15, 0.2) is 24.3 Å². The summed E-state index contributed by atoms with van der Waals surface area (Å²) in [5.41, 5.74) is 5.94. The minimum atomic E-state index is -0.363. The Kier molecular flexibility index (Phi) is 4.63. The fourth-order valence-electron chi connectivity index (χ4n) is 1.21. The molecule has 0 saturated carbocycles. The molecular formula is C11H15NO3. The molecule has 4 heteroatoms. The molecule has 1 aromatic rings. The molecule has 0 aliphatic rings. The highest BCUT2D eigenvalue weighted by molar-refractivity contribution is 5.77. The Morgan fingerprint density at radius 3 is 2.73 bits per heavy atom. The highest BCUT2D eigenvalue weighted by Crippen LogP contribution is 2.18. The van der Waals surface area contributed by atoms with Crippen molar-refractivity contribution in [3.63, 3.8) is 0 Å². The lowest BCUT2D eigenvalue weighted by Crippen LogP contribution is -2.15. The first kappa shape index (κ1) is 11.5. The van der Waals surface area contributed by atoms with Gasteiger partial charge in [0.1, 0.15) is 12.4 Å². The number of ether oxygens (including phenoxy) is 2. The molecule has 0 aliphatic heterocycles. The number of nitrogens with two attached hydrogens (primary N) is 1. The summed E-state index contributed by atoms with van der Waals surface area (Å²) in [6.45, 7) is 0.983. The number of carbonyl (C=O) groups is 1. The Hall–Kier alpha value is -1.55. The van der Waals surface area contributed by atoms with E-state index in [1.165, 1.54) is 0 Å². The van der Waals surface area contributed by atoms with Crippen LogP contribution in [0.5, 0.6) is 5.75 Å². The summed E-state index contributed by atoms with van der Waals surface area (Å²) in [7, 11) is 1.61. The van der Waals surface area contributed by atoms with Gasteiger partial charge >= 0.3 is 0 Å². The van der Waals surface area contributed by atoms with Gasteiger partial charge in [-0.2, -0.15) is 0 Å². The van der Waals surface area contributed by atoms with Crippen molar-refractivity contribution in [2.75, 3.05) is 20.3 Å². The summed E-state index contributed by atoms with van der Waals surface area (Å²) in [6.07, 6.45) is 0.198. The zero-order valence-corrected chi connectivity index (χ0v) is 8.73. The Morgan fingerprint density at radius 2 is 2.07 bits per heavy atom. The third-order valence-corrected chi connectivity index (χ3v) is 1.88. The van der Waals surface area contributed by atoms with Crippen molar-refractivity contribution in [2.24, 2.45) is 5.73 Å². The number of hydrogen-bond donors (Lipinski definition) is 1. The maximum atomic E-state index is 10.8. The van der Waals surface area contributed by atoms with E-state index in [-0.39, 0.29) is 12.3 Å². The molecule has 0 unspecified atom stereocenters. The van der Waals surface area contributed by atoms with Gasteiger partial charge in [0.2, 0.25) is 5.91 Å². The maximum absolute atomic E-state index is 10.8. The molecule has 0 aliphatic carbocycles. The molecule has 82 valence electrons. The van der Waals surface area contributed by atoms with Gasteiger partial charge in [-0.15, -0.1) is 0 Å². The van der Waals surface area contributed by atoms with Crippen LogP contribution in [0.2, 0.25) is 0 Å². The van der Waals surface area contributed by atoms with E-state index in [0.717, 1.165) is 5.56 Å². The number of primary amides is 1. The molecule has 1 aromatic carbocycles. The second-order valence-electron chi connectivity index (χ2n) is 3.09. The molecule has 2 N–H and O–H groups in total. The van der Waals surface area contributed by atoms with Crippen molar-refractivity contribution in [3.8, 4) is 5.75 Å². The molecule has 0 fully saturated rings. The molecule has 0 atom stereocenters. The second-order valence-corrected chi connectivity index (χ2v) is 3.09. The Labute approximate surface area is 89.0 Å². The summed E-state index contributed by atoms with van der Waals surface area (Å²) in [5.74, 6) is 0.325. The quantitative estimate of drug-likeness (QED) is 0.703. The summed E-state index contributed by atoms with van der Waals surface area (Å²) < 4.78 is 10.3. The van der Waals surface area contributed by atoms with Crippen molar-refractivity contribution >= 4 is 5.91 Å². The summed E-state index contributed by atoms with van der Waals surface area (Å²) in [5, 5.41) is 0. The fourth-order valence-corrected chi connectivity index (χ4v) is 1.21. The average Bonchev–Trinajstić information content (AvgIpc) is 2.20. The fraction of sp³-hybridized carbons (Fsp3) is 0.364. The molecule has 4 nitrogen and oxygen atoms in total. The molecule has 0 aromatic heterocycles. The lowest BCUT2D eigenvalue weighted by Gasteiger charge is -2.09. The third-order valence-electron chi connectivity index (χ3n) is 1.88. The molecule has 0 heterocycles. The van der Waals surface area contributed by atoms with Gasteiger partial charge in [0.05, 0.1) is 13.0 Å². The summed E-state index contributed by atoms with van der Waals surface area (Å²) in [6, 6.07) is 7.34. The molecule has 15 heavy (non-hydrogen) atoms. The Bertz CT molecular complexity index is 325. The van der Waals surface area contributed by atoms with Crippen molar-refractivity contribution in [1.29, 1.82) is 0 Å². The van der Waals surface area contributed by atoms with E-state index < -0.39 is 0 Å². The number of hydrogen-bond acceptors (Lipinski definition) is 3. The van der Waals surface area contributed by atoms with E-state index in [9.17, 15) is 4.79 Å². The molecule has 0 spiro atoms.